The zero-order valence-corrected chi connectivity index (χ0v) is 12.5. The highest BCUT2D eigenvalue weighted by atomic mass is 16.1. The molecule has 0 aliphatic rings. The van der Waals surface area contributed by atoms with Gasteiger partial charge in [-0.15, -0.1) is 0 Å². The van der Waals surface area contributed by atoms with Crippen molar-refractivity contribution < 1.29 is 4.79 Å². The van der Waals surface area contributed by atoms with Crippen LogP contribution < -0.4 is 10.6 Å². The second-order valence-electron chi connectivity index (χ2n) is 5.03. The Balaban J connectivity index is 1.94. The third kappa shape index (κ3) is 4.60. The monoisotopic (exact) mass is 283 g/mol. The highest BCUT2D eigenvalue weighted by Gasteiger charge is 2.07. The molecular formula is C17H21N3O. The van der Waals surface area contributed by atoms with Crippen molar-refractivity contribution in [3.8, 4) is 0 Å². The van der Waals surface area contributed by atoms with Gasteiger partial charge >= 0.3 is 0 Å². The summed E-state index contributed by atoms with van der Waals surface area (Å²) in [6.45, 7) is 5.09. The van der Waals surface area contributed by atoms with Gasteiger partial charge in [0.25, 0.3) is 5.91 Å². The van der Waals surface area contributed by atoms with Gasteiger partial charge in [-0.05, 0) is 37.6 Å². The zero-order valence-electron chi connectivity index (χ0n) is 12.5. The third-order valence-electron chi connectivity index (χ3n) is 3.17. The van der Waals surface area contributed by atoms with E-state index in [1.807, 2.05) is 37.3 Å². The van der Waals surface area contributed by atoms with Gasteiger partial charge in [0.15, 0.2) is 0 Å². The van der Waals surface area contributed by atoms with Crippen LogP contribution in [0.4, 0.5) is 11.4 Å². The fourth-order valence-electron chi connectivity index (χ4n) is 1.87. The van der Waals surface area contributed by atoms with Gasteiger partial charge in [-0.25, -0.2) is 4.98 Å². The first-order chi connectivity index (χ1) is 10.2. The van der Waals surface area contributed by atoms with Crippen LogP contribution in [-0.4, -0.2) is 17.4 Å². The molecule has 0 radical (unpaired) electrons. The standard InChI is InChI=1S/C17H21N3O/c1-3-4-11-18-15-9-10-16(19-12-15)17(21)20-14-7-5-13(2)6-8-14/h5-10,12,18H,3-4,11H2,1-2H3,(H,20,21). The molecule has 0 atom stereocenters. The number of benzene rings is 1. The molecule has 21 heavy (non-hydrogen) atoms. The lowest BCUT2D eigenvalue weighted by atomic mass is 10.2. The number of hydrogen-bond donors (Lipinski definition) is 2. The van der Waals surface area contributed by atoms with E-state index in [2.05, 4.69) is 22.5 Å². The molecule has 2 aromatic rings. The summed E-state index contributed by atoms with van der Waals surface area (Å²) in [6, 6.07) is 11.3. The van der Waals surface area contributed by atoms with Crippen LogP contribution in [-0.2, 0) is 0 Å². The molecule has 4 heteroatoms. The van der Waals surface area contributed by atoms with E-state index in [4.69, 9.17) is 0 Å². The first-order valence-corrected chi connectivity index (χ1v) is 7.27. The summed E-state index contributed by atoms with van der Waals surface area (Å²) in [7, 11) is 0. The molecule has 0 unspecified atom stereocenters. The highest BCUT2D eigenvalue weighted by molar-refractivity contribution is 6.02. The highest BCUT2D eigenvalue weighted by Crippen LogP contribution is 2.11. The number of anilines is 2. The van der Waals surface area contributed by atoms with E-state index in [0.717, 1.165) is 36.3 Å². The SMILES string of the molecule is CCCCNc1ccc(C(=O)Nc2ccc(C)cc2)nc1. The zero-order chi connectivity index (χ0) is 15.1. The predicted octanol–water partition coefficient (Wildman–Crippen LogP) is 3.85. The number of aryl methyl sites for hydroxylation is 1. The Morgan fingerprint density at radius 1 is 1.10 bits per heavy atom. The maximum atomic E-state index is 12.1. The Morgan fingerprint density at radius 2 is 1.81 bits per heavy atom. The number of unbranched alkanes of at least 4 members (excludes halogenated alkanes) is 1. The van der Waals surface area contributed by atoms with Crippen LogP contribution in [0.2, 0.25) is 0 Å². The fourth-order valence-corrected chi connectivity index (χ4v) is 1.87. The molecule has 0 fully saturated rings. The number of pyridine rings is 1. The van der Waals surface area contributed by atoms with Crippen molar-refractivity contribution in [1.82, 2.24) is 4.98 Å². The van der Waals surface area contributed by atoms with Crippen LogP contribution in [0.3, 0.4) is 0 Å². The van der Waals surface area contributed by atoms with Crippen molar-refractivity contribution in [2.24, 2.45) is 0 Å². The largest absolute Gasteiger partial charge is 0.384 e. The second-order valence-corrected chi connectivity index (χ2v) is 5.03. The molecule has 1 heterocycles. The molecule has 2 N–H and O–H groups in total. The number of nitrogens with one attached hydrogen (secondary N) is 2. The van der Waals surface area contributed by atoms with Gasteiger partial charge in [0.1, 0.15) is 5.69 Å². The summed E-state index contributed by atoms with van der Waals surface area (Å²) >= 11 is 0. The number of nitrogens with zero attached hydrogens (tertiary/aromatic N) is 1. The topological polar surface area (TPSA) is 54.0 Å². The number of carbonyl (C=O) groups is 1. The summed E-state index contributed by atoms with van der Waals surface area (Å²) in [6.07, 6.45) is 3.97. The van der Waals surface area contributed by atoms with E-state index in [1.54, 1.807) is 12.3 Å². The normalized spacial score (nSPS) is 10.2. The van der Waals surface area contributed by atoms with Gasteiger partial charge in [0.2, 0.25) is 0 Å². The van der Waals surface area contributed by atoms with E-state index in [-0.39, 0.29) is 5.91 Å². The lowest BCUT2D eigenvalue weighted by molar-refractivity contribution is 0.102. The molecule has 2 rings (SSSR count). The smallest absolute Gasteiger partial charge is 0.274 e. The minimum Gasteiger partial charge on any atom is -0.384 e. The van der Waals surface area contributed by atoms with Gasteiger partial charge in [0, 0.05) is 12.2 Å². The first-order valence-electron chi connectivity index (χ1n) is 7.27. The third-order valence-corrected chi connectivity index (χ3v) is 3.17. The van der Waals surface area contributed by atoms with E-state index < -0.39 is 0 Å². The summed E-state index contributed by atoms with van der Waals surface area (Å²) in [5, 5.41) is 6.11. The second kappa shape index (κ2) is 7.43. The maximum absolute atomic E-state index is 12.1. The molecular weight excluding hydrogens is 262 g/mol. The number of amides is 1. The van der Waals surface area contributed by atoms with E-state index >= 15 is 0 Å². The Hall–Kier alpha value is -2.36. The van der Waals surface area contributed by atoms with Crippen LogP contribution in [0.15, 0.2) is 42.6 Å². The molecule has 1 aromatic carbocycles. The van der Waals surface area contributed by atoms with E-state index in [9.17, 15) is 4.79 Å². The van der Waals surface area contributed by atoms with Crippen LogP contribution in [0.1, 0.15) is 35.8 Å². The van der Waals surface area contributed by atoms with Crippen LogP contribution in [0, 0.1) is 6.92 Å². The minimum atomic E-state index is -0.195. The molecule has 1 amide bonds. The molecule has 0 aliphatic heterocycles. The number of carbonyl (C=O) groups excluding carboxylic acids is 1. The van der Waals surface area contributed by atoms with Crippen molar-refractivity contribution >= 4 is 17.3 Å². The Bertz CT molecular complexity index is 576. The number of aromatic nitrogens is 1. The van der Waals surface area contributed by atoms with Crippen LogP contribution in [0.5, 0.6) is 0 Å². The Morgan fingerprint density at radius 3 is 2.43 bits per heavy atom. The van der Waals surface area contributed by atoms with Crippen molar-refractivity contribution in [3.05, 3.63) is 53.9 Å². The summed E-state index contributed by atoms with van der Waals surface area (Å²) < 4.78 is 0. The van der Waals surface area contributed by atoms with Crippen molar-refractivity contribution in [2.45, 2.75) is 26.7 Å². The number of rotatable bonds is 6. The minimum absolute atomic E-state index is 0.195. The molecule has 0 spiro atoms. The van der Waals surface area contributed by atoms with Crippen molar-refractivity contribution in [3.63, 3.8) is 0 Å². The number of hydrogen-bond acceptors (Lipinski definition) is 3. The lowest BCUT2D eigenvalue weighted by Crippen LogP contribution is -2.13. The van der Waals surface area contributed by atoms with Crippen molar-refractivity contribution in [2.75, 3.05) is 17.2 Å². The lowest BCUT2D eigenvalue weighted by Gasteiger charge is -2.07. The van der Waals surface area contributed by atoms with Crippen LogP contribution >= 0.6 is 0 Å². The fraction of sp³-hybridized carbons (Fsp3) is 0.294. The summed E-state index contributed by atoms with van der Waals surface area (Å²) in [4.78, 5) is 16.3. The van der Waals surface area contributed by atoms with Gasteiger partial charge in [-0.1, -0.05) is 31.0 Å². The Labute approximate surface area is 125 Å². The van der Waals surface area contributed by atoms with Crippen LogP contribution in [0.25, 0.3) is 0 Å². The van der Waals surface area contributed by atoms with Gasteiger partial charge < -0.3 is 10.6 Å². The summed E-state index contributed by atoms with van der Waals surface area (Å²) in [5.74, 6) is -0.195. The molecule has 0 aliphatic carbocycles. The van der Waals surface area contributed by atoms with Gasteiger partial charge in [-0.2, -0.15) is 0 Å². The van der Waals surface area contributed by atoms with Gasteiger partial charge in [0.05, 0.1) is 11.9 Å². The van der Waals surface area contributed by atoms with E-state index in [0.29, 0.717) is 5.69 Å². The average molecular weight is 283 g/mol. The average Bonchev–Trinajstić information content (AvgIpc) is 2.50. The molecule has 0 bridgehead atoms. The van der Waals surface area contributed by atoms with Gasteiger partial charge in [-0.3, -0.25) is 4.79 Å². The quantitative estimate of drug-likeness (QED) is 0.792. The summed E-state index contributed by atoms with van der Waals surface area (Å²) in [5.41, 5.74) is 3.29. The molecule has 4 nitrogen and oxygen atoms in total. The Kier molecular flexibility index (Phi) is 5.32. The van der Waals surface area contributed by atoms with Crippen molar-refractivity contribution in [1.29, 1.82) is 0 Å². The molecule has 1 aromatic heterocycles. The van der Waals surface area contributed by atoms with E-state index in [1.165, 1.54) is 0 Å². The predicted molar refractivity (Wildman–Crippen MR) is 86.8 cm³/mol. The molecule has 0 saturated carbocycles. The molecule has 0 saturated heterocycles. The first kappa shape index (κ1) is 15.0. The maximum Gasteiger partial charge on any atom is 0.274 e. The molecule has 110 valence electrons.